The maximum atomic E-state index is 5.81. The molecular formula is C11H19ClN4. The Bertz CT molecular complexity index is 328. The first-order chi connectivity index (χ1) is 7.49. The van der Waals surface area contributed by atoms with Crippen LogP contribution in [0.15, 0.2) is 12.4 Å². The molecule has 0 aliphatic rings. The summed E-state index contributed by atoms with van der Waals surface area (Å²) in [6.45, 7) is 5.33. The second-order valence-electron chi connectivity index (χ2n) is 4.48. The molecule has 1 aromatic rings. The molecule has 0 bridgehead atoms. The fourth-order valence-electron chi connectivity index (χ4n) is 1.42. The van der Waals surface area contributed by atoms with E-state index in [1.54, 1.807) is 6.07 Å². The molecule has 0 saturated carbocycles. The highest BCUT2D eigenvalue weighted by atomic mass is 35.5. The number of aromatic nitrogens is 2. The Balaban J connectivity index is 2.68. The molecule has 1 rings (SSSR count). The molecule has 1 atom stereocenters. The Hall–Kier alpha value is -0.870. The van der Waals surface area contributed by atoms with Gasteiger partial charge in [0.15, 0.2) is 0 Å². The van der Waals surface area contributed by atoms with Crippen molar-refractivity contribution in [1.29, 1.82) is 0 Å². The van der Waals surface area contributed by atoms with Crippen LogP contribution in [-0.4, -0.2) is 41.5 Å². The maximum absolute atomic E-state index is 5.81. The summed E-state index contributed by atoms with van der Waals surface area (Å²) in [5, 5.41) is 3.84. The minimum Gasteiger partial charge on any atom is -0.366 e. The number of hydrogen-bond donors (Lipinski definition) is 1. The fraction of sp³-hybridized carbons (Fsp3) is 0.636. The van der Waals surface area contributed by atoms with Crippen molar-refractivity contribution in [2.24, 2.45) is 5.92 Å². The zero-order valence-corrected chi connectivity index (χ0v) is 11.0. The summed E-state index contributed by atoms with van der Waals surface area (Å²) >= 11 is 5.81. The van der Waals surface area contributed by atoms with Crippen molar-refractivity contribution in [2.45, 2.75) is 19.9 Å². The summed E-state index contributed by atoms with van der Waals surface area (Å²) in [6.07, 6.45) is 1.47. The van der Waals surface area contributed by atoms with Gasteiger partial charge in [0.25, 0.3) is 0 Å². The highest BCUT2D eigenvalue weighted by Gasteiger charge is 2.14. The van der Waals surface area contributed by atoms with E-state index in [2.05, 4.69) is 48.1 Å². The van der Waals surface area contributed by atoms with Crippen LogP contribution >= 0.6 is 11.6 Å². The highest BCUT2D eigenvalue weighted by Crippen LogP contribution is 2.13. The average molecular weight is 243 g/mol. The van der Waals surface area contributed by atoms with Gasteiger partial charge in [-0.3, -0.25) is 0 Å². The van der Waals surface area contributed by atoms with E-state index in [1.165, 1.54) is 6.33 Å². The van der Waals surface area contributed by atoms with Gasteiger partial charge in [-0.15, -0.1) is 0 Å². The maximum Gasteiger partial charge on any atom is 0.134 e. The summed E-state index contributed by atoms with van der Waals surface area (Å²) in [5.74, 6) is 1.30. The van der Waals surface area contributed by atoms with Gasteiger partial charge >= 0.3 is 0 Å². The molecule has 0 amide bonds. The first-order valence-electron chi connectivity index (χ1n) is 5.38. The lowest BCUT2D eigenvalue weighted by Gasteiger charge is -2.26. The van der Waals surface area contributed by atoms with E-state index in [1.807, 2.05) is 0 Å². The molecular weight excluding hydrogens is 224 g/mol. The topological polar surface area (TPSA) is 41.0 Å². The molecule has 5 heteroatoms. The molecule has 0 aliphatic heterocycles. The number of hydrogen-bond acceptors (Lipinski definition) is 4. The third-order valence-corrected chi connectivity index (χ3v) is 2.54. The number of nitrogens with one attached hydrogen (secondary N) is 1. The van der Waals surface area contributed by atoms with Crippen LogP contribution in [-0.2, 0) is 0 Å². The van der Waals surface area contributed by atoms with Gasteiger partial charge in [0, 0.05) is 18.7 Å². The summed E-state index contributed by atoms with van der Waals surface area (Å²) in [5.41, 5.74) is 0. The number of rotatable bonds is 5. The van der Waals surface area contributed by atoms with Gasteiger partial charge in [0.1, 0.15) is 17.3 Å². The molecule has 0 aliphatic carbocycles. The first-order valence-corrected chi connectivity index (χ1v) is 5.75. The first kappa shape index (κ1) is 13.2. The molecule has 1 N–H and O–H groups in total. The second kappa shape index (κ2) is 6.01. The average Bonchev–Trinajstić information content (AvgIpc) is 2.15. The van der Waals surface area contributed by atoms with Crippen LogP contribution in [0.4, 0.5) is 5.82 Å². The van der Waals surface area contributed by atoms with E-state index in [0.717, 1.165) is 12.4 Å². The molecule has 0 spiro atoms. The van der Waals surface area contributed by atoms with Crippen LogP contribution in [0.3, 0.4) is 0 Å². The molecule has 0 aromatic carbocycles. The van der Waals surface area contributed by atoms with Gasteiger partial charge in [0.2, 0.25) is 0 Å². The third kappa shape index (κ3) is 4.33. The van der Waals surface area contributed by atoms with Crippen molar-refractivity contribution >= 4 is 17.4 Å². The van der Waals surface area contributed by atoms with E-state index < -0.39 is 0 Å². The molecule has 1 heterocycles. The quantitative estimate of drug-likeness (QED) is 0.804. The van der Waals surface area contributed by atoms with Gasteiger partial charge in [-0.05, 0) is 20.0 Å². The predicted molar refractivity (Wildman–Crippen MR) is 67.8 cm³/mol. The van der Waals surface area contributed by atoms with Gasteiger partial charge in [-0.25, -0.2) is 9.97 Å². The number of nitrogens with zero attached hydrogens (tertiary/aromatic N) is 3. The Morgan fingerprint density at radius 2 is 2.06 bits per heavy atom. The third-order valence-electron chi connectivity index (χ3n) is 2.33. The lowest BCUT2D eigenvalue weighted by molar-refractivity contribution is 0.344. The predicted octanol–water partition coefficient (Wildman–Crippen LogP) is 2.13. The van der Waals surface area contributed by atoms with E-state index in [0.29, 0.717) is 17.1 Å². The monoisotopic (exact) mass is 242 g/mol. The van der Waals surface area contributed by atoms with Gasteiger partial charge < -0.3 is 10.2 Å². The van der Waals surface area contributed by atoms with E-state index in [9.17, 15) is 0 Å². The SMILES string of the molecule is CC(C)C(CN(C)C)Nc1cc(Cl)ncn1. The molecule has 1 unspecified atom stereocenters. The number of halogens is 1. The lowest BCUT2D eigenvalue weighted by atomic mass is 10.0. The second-order valence-corrected chi connectivity index (χ2v) is 4.87. The summed E-state index contributed by atoms with van der Waals surface area (Å²) in [4.78, 5) is 10.2. The molecule has 0 fully saturated rings. The zero-order valence-electron chi connectivity index (χ0n) is 10.2. The molecule has 90 valence electrons. The van der Waals surface area contributed by atoms with Crippen molar-refractivity contribution < 1.29 is 0 Å². The fourth-order valence-corrected chi connectivity index (χ4v) is 1.57. The van der Waals surface area contributed by atoms with Crippen LogP contribution < -0.4 is 5.32 Å². The summed E-state index contributed by atoms with van der Waals surface area (Å²) in [7, 11) is 4.12. The molecule has 0 radical (unpaired) electrons. The van der Waals surface area contributed by atoms with Crippen molar-refractivity contribution in [2.75, 3.05) is 26.0 Å². The highest BCUT2D eigenvalue weighted by molar-refractivity contribution is 6.29. The van der Waals surface area contributed by atoms with E-state index in [-0.39, 0.29) is 0 Å². The largest absolute Gasteiger partial charge is 0.366 e. The van der Waals surface area contributed by atoms with E-state index >= 15 is 0 Å². The Labute approximate surface area is 102 Å². The Kier molecular flexibility index (Phi) is 4.96. The van der Waals surface area contributed by atoms with Crippen molar-refractivity contribution in [3.8, 4) is 0 Å². The smallest absolute Gasteiger partial charge is 0.134 e. The molecule has 1 aromatic heterocycles. The van der Waals surface area contributed by atoms with Gasteiger partial charge in [-0.1, -0.05) is 25.4 Å². The standard InChI is InChI=1S/C11H19ClN4/c1-8(2)9(6-16(3)4)15-11-5-10(12)13-7-14-11/h5,7-9H,6H2,1-4H3,(H,13,14,15). The Morgan fingerprint density at radius 1 is 1.38 bits per heavy atom. The normalized spacial score (nSPS) is 13.2. The van der Waals surface area contributed by atoms with Crippen molar-refractivity contribution in [3.63, 3.8) is 0 Å². The van der Waals surface area contributed by atoms with Crippen LogP contribution in [0.2, 0.25) is 5.15 Å². The molecule has 16 heavy (non-hydrogen) atoms. The Morgan fingerprint density at radius 3 is 2.56 bits per heavy atom. The van der Waals surface area contributed by atoms with Crippen LogP contribution in [0, 0.1) is 5.92 Å². The summed E-state index contributed by atoms with van der Waals surface area (Å²) < 4.78 is 0. The van der Waals surface area contributed by atoms with Crippen LogP contribution in [0.25, 0.3) is 0 Å². The van der Waals surface area contributed by atoms with Crippen molar-refractivity contribution in [3.05, 3.63) is 17.5 Å². The lowest BCUT2D eigenvalue weighted by Crippen LogP contribution is -2.36. The van der Waals surface area contributed by atoms with Crippen molar-refractivity contribution in [1.82, 2.24) is 14.9 Å². The number of likely N-dealkylation sites (N-methyl/N-ethyl adjacent to an activating group) is 1. The van der Waals surface area contributed by atoms with E-state index in [4.69, 9.17) is 11.6 Å². The number of anilines is 1. The minimum atomic E-state index is 0.348. The minimum absolute atomic E-state index is 0.348. The van der Waals surface area contributed by atoms with Gasteiger partial charge in [0.05, 0.1) is 0 Å². The van der Waals surface area contributed by atoms with Crippen LogP contribution in [0.1, 0.15) is 13.8 Å². The van der Waals surface area contributed by atoms with Gasteiger partial charge in [-0.2, -0.15) is 0 Å². The molecule has 4 nitrogen and oxygen atoms in total. The van der Waals surface area contributed by atoms with Crippen LogP contribution in [0.5, 0.6) is 0 Å². The molecule has 0 saturated heterocycles. The zero-order chi connectivity index (χ0) is 12.1. The summed E-state index contributed by atoms with van der Waals surface area (Å²) in [6, 6.07) is 2.09.